The van der Waals surface area contributed by atoms with E-state index in [0.29, 0.717) is 19.0 Å². The quantitative estimate of drug-likeness (QED) is 0.764. The number of carbonyl (C=O) groups excluding carboxylic acids is 1. The average molecular weight is 364 g/mol. The van der Waals surface area contributed by atoms with E-state index in [1.165, 1.54) is 12.8 Å². The van der Waals surface area contributed by atoms with Crippen molar-refractivity contribution in [3.05, 3.63) is 53.7 Å². The Balaban J connectivity index is 1.29. The molecule has 2 fully saturated rings. The number of ether oxygens (including phenoxy) is 1. The molecule has 1 saturated heterocycles. The molecule has 1 aliphatic heterocycles. The van der Waals surface area contributed by atoms with Crippen LogP contribution >= 0.6 is 0 Å². The van der Waals surface area contributed by atoms with E-state index in [1.807, 2.05) is 35.2 Å². The minimum atomic E-state index is 0.0423. The normalized spacial score (nSPS) is 17.4. The molecule has 0 N–H and O–H groups in total. The van der Waals surface area contributed by atoms with E-state index in [2.05, 4.69) is 27.2 Å². The Morgan fingerprint density at radius 1 is 1.04 bits per heavy atom. The Labute approximate surface area is 159 Å². The third kappa shape index (κ3) is 4.27. The van der Waals surface area contributed by atoms with Crippen molar-refractivity contribution in [3.63, 3.8) is 0 Å². The zero-order valence-corrected chi connectivity index (χ0v) is 15.5. The summed E-state index contributed by atoms with van der Waals surface area (Å²) in [7, 11) is 1.64. The monoisotopic (exact) mass is 364 g/mol. The Hall–Kier alpha value is -2.89. The van der Waals surface area contributed by atoms with Gasteiger partial charge in [0.15, 0.2) is 5.82 Å². The SMILES string of the molecule is COc1ccc(/C=C/C(=O)N2CCN(c3ccc(C4CC4)nn3)CC2)cc1. The first-order chi connectivity index (χ1) is 13.2. The molecule has 6 heteroatoms. The zero-order valence-electron chi connectivity index (χ0n) is 15.5. The summed E-state index contributed by atoms with van der Waals surface area (Å²) in [6.07, 6.45) is 5.95. The van der Waals surface area contributed by atoms with Crippen LogP contribution in [-0.4, -0.2) is 54.3 Å². The number of benzene rings is 1. The van der Waals surface area contributed by atoms with Crippen molar-refractivity contribution in [2.45, 2.75) is 18.8 Å². The van der Waals surface area contributed by atoms with Crippen LogP contribution in [0.15, 0.2) is 42.5 Å². The summed E-state index contributed by atoms with van der Waals surface area (Å²) in [5, 5.41) is 8.72. The van der Waals surface area contributed by atoms with Crippen molar-refractivity contribution >= 4 is 17.8 Å². The van der Waals surface area contributed by atoms with Gasteiger partial charge in [-0.2, -0.15) is 5.10 Å². The van der Waals surface area contributed by atoms with E-state index < -0.39 is 0 Å². The molecule has 0 radical (unpaired) electrons. The highest BCUT2D eigenvalue weighted by molar-refractivity contribution is 5.92. The lowest BCUT2D eigenvalue weighted by Gasteiger charge is -2.34. The van der Waals surface area contributed by atoms with Gasteiger partial charge in [0.2, 0.25) is 5.91 Å². The molecule has 0 atom stereocenters. The third-order valence-corrected chi connectivity index (χ3v) is 5.12. The lowest BCUT2D eigenvalue weighted by atomic mass is 10.2. The second-order valence-electron chi connectivity index (χ2n) is 7.01. The number of hydrogen-bond acceptors (Lipinski definition) is 5. The molecule has 6 nitrogen and oxygen atoms in total. The number of amides is 1. The Morgan fingerprint density at radius 3 is 2.37 bits per heavy atom. The van der Waals surface area contributed by atoms with Crippen molar-refractivity contribution < 1.29 is 9.53 Å². The summed E-state index contributed by atoms with van der Waals surface area (Å²) in [5.41, 5.74) is 2.09. The van der Waals surface area contributed by atoms with Crippen molar-refractivity contribution in [3.8, 4) is 5.75 Å². The molecule has 0 bridgehead atoms. The average Bonchev–Trinajstić information content (AvgIpc) is 3.58. The van der Waals surface area contributed by atoms with Crippen LogP contribution < -0.4 is 9.64 Å². The van der Waals surface area contributed by atoms with Crippen LogP contribution in [0.25, 0.3) is 6.08 Å². The van der Waals surface area contributed by atoms with Gasteiger partial charge in [0, 0.05) is 38.2 Å². The summed E-state index contributed by atoms with van der Waals surface area (Å²) in [6, 6.07) is 11.8. The van der Waals surface area contributed by atoms with E-state index in [-0.39, 0.29) is 5.91 Å². The number of aromatic nitrogens is 2. The van der Waals surface area contributed by atoms with E-state index in [4.69, 9.17) is 4.74 Å². The maximum atomic E-state index is 12.4. The van der Waals surface area contributed by atoms with Crippen LogP contribution in [0.3, 0.4) is 0 Å². The number of rotatable bonds is 5. The van der Waals surface area contributed by atoms with Crippen molar-refractivity contribution in [1.82, 2.24) is 15.1 Å². The van der Waals surface area contributed by atoms with E-state index >= 15 is 0 Å². The van der Waals surface area contributed by atoms with Gasteiger partial charge in [-0.1, -0.05) is 12.1 Å². The largest absolute Gasteiger partial charge is 0.497 e. The zero-order chi connectivity index (χ0) is 18.6. The van der Waals surface area contributed by atoms with Gasteiger partial charge in [-0.15, -0.1) is 5.10 Å². The summed E-state index contributed by atoms with van der Waals surface area (Å²) in [4.78, 5) is 16.5. The molecule has 1 saturated carbocycles. The topological polar surface area (TPSA) is 58.6 Å². The van der Waals surface area contributed by atoms with Gasteiger partial charge in [0.25, 0.3) is 0 Å². The van der Waals surface area contributed by atoms with Crippen LogP contribution in [-0.2, 0) is 4.79 Å². The lowest BCUT2D eigenvalue weighted by molar-refractivity contribution is -0.126. The molecule has 140 valence electrons. The first-order valence-electron chi connectivity index (χ1n) is 9.42. The molecule has 27 heavy (non-hydrogen) atoms. The molecule has 1 aromatic carbocycles. The number of carbonyl (C=O) groups is 1. The van der Waals surface area contributed by atoms with Crippen molar-refractivity contribution in [2.24, 2.45) is 0 Å². The molecule has 2 heterocycles. The molecule has 1 aliphatic carbocycles. The molecule has 1 amide bonds. The molecule has 2 aromatic rings. The van der Waals surface area contributed by atoms with E-state index in [1.54, 1.807) is 13.2 Å². The van der Waals surface area contributed by atoms with Gasteiger partial charge in [0.1, 0.15) is 5.75 Å². The minimum Gasteiger partial charge on any atom is -0.497 e. The smallest absolute Gasteiger partial charge is 0.246 e. The van der Waals surface area contributed by atoms with Crippen LogP contribution in [0.5, 0.6) is 5.75 Å². The molecular formula is C21H24N4O2. The number of hydrogen-bond donors (Lipinski definition) is 0. The van der Waals surface area contributed by atoms with Crippen molar-refractivity contribution in [1.29, 1.82) is 0 Å². The van der Waals surface area contributed by atoms with Crippen LogP contribution in [0.2, 0.25) is 0 Å². The maximum absolute atomic E-state index is 12.4. The fourth-order valence-corrected chi connectivity index (χ4v) is 3.24. The molecule has 0 spiro atoms. The summed E-state index contributed by atoms with van der Waals surface area (Å²) >= 11 is 0. The molecule has 0 unspecified atom stereocenters. The first kappa shape index (κ1) is 17.5. The summed E-state index contributed by atoms with van der Waals surface area (Å²) in [6.45, 7) is 2.94. The van der Waals surface area contributed by atoms with Crippen molar-refractivity contribution in [2.75, 3.05) is 38.2 Å². The second-order valence-corrected chi connectivity index (χ2v) is 7.01. The van der Waals surface area contributed by atoms with Gasteiger partial charge in [0.05, 0.1) is 12.8 Å². The number of nitrogens with zero attached hydrogens (tertiary/aromatic N) is 4. The van der Waals surface area contributed by atoms with Gasteiger partial charge < -0.3 is 14.5 Å². The van der Waals surface area contributed by atoms with E-state index in [0.717, 1.165) is 35.9 Å². The Bertz CT molecular complexity index is 805. The fraction of sp³-hybridized carbons (Fsp3) is 0.381. The molecular weight excluding hydrogens is 340 g/mol. The highest BCUT2D eigenvalue weighted by Crippen LogP contribution is 2.38. The van der Waals surface area contributed by atoms with Gasteiger partial charge in [-0.05, 0) is 48.7 Å². The van der Waals surface area contributed by atoms with Gasteiger partial charge in [-0.25, -0.2) is 0 Å². The second kappa shape index (κ2) is 7.78. The van der Waals surface area contributed by atoms with Gasteiger partial charge >= 0.3 is 0 Å². The van der Waals surface area contributed by atoms with Crippen LogP contribution in [0, 0.1) is 0 Å². The maximum Gasteiger partial charge on any atom is 0.246 e. The number of piperazine rings is 1. The first-order valence-corrected chi connectivity index (χ1v) is 9.42. The minimum absolute atomic E-state index is 0.0423. The predicted octanol–water partition coefficient (Wildman–Crippen LogP) is 2.72. The Morgan fingerprint density at radius 2 is 1.78 bits per heavy atom. The molecule has 1 aromatic heterocycles. The van der Waals surface area contributed by atoms with E-state index in [9.17, 15) is 4.79 Å². The summed E-state index contributed by atoms with van der Waals surface area (Å²) in [5.74, 6) is 2.38. The molecule has 4 rings (SSSR count). The summed E-state index contributed by atoms with van der Waals surface area (Å²) < 4.78 is 5.14. The lowest BCUT2D eigenvalue weighted by Crippen LogP contribution is -2.48. The highest BCUT2D eigenvalue weighted by atomic mass is 16.5. The van der Waals surface area contributed by atoms with Crippen LogP contribution in [0.1, 0.15) is 30.0 Å². The predicted molar refractivity (Wildman–Crippen MR) is 105 cm³/mol. The third-order valence-electron chi connectivity index (χ3n) is 5.12. The fourth-order valence-electron chi connectivity index (χ4n) is 3.24. The van der Waals surface area contributed by atoms with Crippen LogP contribution in [0.4, 0.5) is 5.82 Å². The Kier molecular flexibility index (Phi) is 5.05. The number of anilines is 1. The highest BCUT2D eigenvalue weighted by Gasteiger charge is 2.26. The molecule has 2 aliphatic rings. The number of methoxy groups -OCH3 is 1. The standard InChI is InChI=1S/C21H24N4O2/c1-27-18-7-2-16(3-8-18)4-11-21(26)25-14-12-24(13-15-25)20-10-9-19(22-23-20)17-5-6-17/h2-4,7-11,17H,5-6,12-15H2,1H3/b11-4+. The van der Waals surface area contributed by atoms with Gasteiger partial charge in [-0.3, -0.25) is 4.79 Å².